The number of Topliss-reactive ketones (excluding diaryl/α,β-unsaturated/α-hetero) is 1. The maximum Gasteiger partial charge on any atom is 0.356 e. The first-order valence-corrected chi connectivity index (χ1v) is 13.8. The van der Waals surface area contributed by atoms with Gasteiger partial charge in [-0.15, -0.1) is 0 Å². The molecule has 2 aliphatic heterocycles. The second-order valence-electron chi connectivity index (χ2n) is 9.89. The van der Waals surface area contributed by atoms with Gasteiger partial charge in [0.1, 0.15) is 12.7 Å². The molecule has 0 aromatic rings. The van der Waals surface area contributed by atoms with Gasteiger partial charge in [-0.1, -0.05) is 33.4 Å². The summed E-state index contributed by atoms with van der Waals surface area (Å²) in [5, 5.41) is 10.4. The van der Waals surface area contributed by atoms with Gasteiger partial charge in [-0.25, -0.2) is 4.79 Å². The van der Waals surface area contributed by atoms with Crippen molar-refractivity contribution in [2.45, 2.75) is 89.6 Å². The second-order valence-corrected chi connectivity index (χ2v) is 14.6. The minimum absolute atomic E-state index is 0.00191. The summed E-state index contributed by atoms with van der Waals surface area (Å²) in [4.78, 5) is 39.0. The molecule has 2 aliphatic rings. The molecule has 0 spiro atoms. The fraction of sp³-hybridized carbons (Fsp3) is 0.773. The molecule has 0 saturated carbocycles. The molecule has 0 aliphatic carbocycles. The summed E-state index contributed by atoms with van der Waals surface area (Å²) in [5.41, 5.74) is 0. The number of amides is 1. The van der Waals surface area contributed by atoms with Gasteiger partial charge in [-0.05, 0) is 37.9 Å². The van der Waals surface area contributed by atoms with Crippen LogP contribution in [0.5, 0.6) is 0 Å². The van der Waals surface area contributed by atoms with E-state index in [2.05, 4.69) is 40.4 Å². The van der Waals surface area contributed by atoms with E-state index < -0.39 is 50.6 Å². The summed E-state index contributed by atoms with van der Waals surface area (Å²) < 4.78 is 16.8. The van der Waals surface area contributed by atoms with Crippen LogP contribution >= 0.6 is 0 Å². The van der Waals surface area contributed by atoms with Crippen molar-refractivity contribution in [1.82, 2.24) is 4.90 Å². The van der Waals surface area contributed by atoms with E-state index in [0.29, 0.717) is 13.0 Å². The van der Waals surface area contributed by atoms with Crippen LogP contribution in [0.15, 0.2) is 12.7 Å². The molecular formula is C22H37NO7Si. The van der Waals surface area contributed by atoms with E-state index in [4.69, 9.17) is 13.9 Å². The van der Waals surface area contributed by atoms with Crippen LogP contribution in [-0.4, -0.2) is 73.7 Å². The molecule has 0 aromatic heterocycles. The highest BCUT2D eigenvalue weighted by Crippen LogP contribution is 2.41. The molecule has 8 nitrogen and oxygen atoms in total. The number of carbonyl (C=O) groups excluding carboxylic acids is 3. The van der Waals surface area contributed by atoms with Crippen molar-refractivity contribution in [1.29, 1.82) is 0 Å². The van der Waals surface area contributed by atoms with Gasteiger partial charge in [0.25, 0.3) is 0 Å². The third-order valence-electron chi connectivity index (χ3n) is 6.62. The summed E-state index contributed by atoms with van der Waals surface area (Å²) >= 11 is 0. The Hall–Kier alpha value is -1.55. The zero-order valence-corrected chi connectivity index (χ0v) is 20.6. The number of hydrogen-bond donors (Lipinski definition) is 1. The molecule has 9 heteroatoms. The first kappa shape index (κ1) is 25.7. The smallest absolute Gasteiger partial charge is 0.356 e. The number of β-lactam (4-membered cyclic amide) rings is 1. The number of nitrogens with zero attached hydrogens (tertiary/aromatic N) is 1. The number of ether oxygens (including phenoxy) is 2. The Labute approximate surface area is 186 Å². The van der Waals surface area contributed by atoms with E-state index in [9.17, 15) is 19.5 Å². The van der Waals surface area contributed by atoms with Crippen molar-refractivity contribution in [3.05, 3.63) is 12.7 Å². The molecule has 176 valence electrons. The zero-order chi connectivity index (χ0) is 23.6. The number of hydrogen-bond acceptors (Lipinski definition) is 7. The maximum atomic E-state index is 13.0. The number of ketones is 1. The number of likely N-dealkylation sites (tertiary alicyclic amines) is 1. The molecule has 31 heavy (non-hydrogen) atoms. The summed E-state index contributed by atoms with van der Waals surface area (Å²) in [7, 11) is -2.17. The van der Waals surface area contributed by atoms with Gasteiger partial charge < -0.3 is 23.9 Å². The molecular weight excluding hydrogens is 418 g/mol. The fourth-order valence-electron chi connectivity index (χ4n) is 3.85. The van der Waals surface area contributed by atoms with Crippen molar-refractivity contribution in [3.8, 4) is 0 Å². The zero-order valence-electron chi connectivity index (χ0n) is 19.6. The predicted molar refractivity (Wildman–Crippen MR) is 118 cm³/mol. The first-order chi connectivity index (χ1) is 14.3. The van der Waals surface area contributed by atoms with Gasteiger partial charge in [-0.2, -0.15) is 0 Å². The molecule has 0 aromatic carbocycles. The van der Waals surface area contributed by atoms with Crippen LogP contribution in [0.2, 0.25) is 18.1 Å². The van der Waals surface area contributed by atoms with Crippen molar-refractivity contribution < 1.29 is 33.4 Å². The van der Waals surface area contributed by atoms with Crippen LogP contribution in [0.25, 0.3) is 0 Å². The third-order valence-corrected chi connectivity index (χ3v) is 11.2. The average Bonchev–Trinajstić information content (AvgIpc) is 3.19. The molecule has 1 amide bonds. The SMILES string of the molecule is C=CCOC(=O)C(O)N1C(=O)[C@H]([C@@H](C)O[Si](C)(C)C(C)(C)C)[C@H]1CC(=O)[C@@H]1CCCO1. The van der Waals surface area contributed by atoms with Crippen LogP contribution in [0.4, 0.5) is 0 Å². The highest BCUT2D eigenvalue weighted by atomic mass is 28.4. The molecule has 1 N–H and O–H groups in total. The Morgan fingerprint density at radius 2 is 2.03 bits per heavy atom. The van der Waals surface area contributed by atoms with Gasteiger partial charge in [0.05, 0.1) is 18.1 Å². The number of aliphatic hydroxyl groups is 1. The van der Waals surface area contributed by atoms with Crippen LogP contribution in [-0.2, 0) is 28.3 Å². The Morgan fingerprint density at radius 3 is 2.55 bits per heavy atom. The van der Waals surface area contributed by atoms with Crippen LogP contribution < -0.4 is 0 Å². The number of carbonyl (C=O) groups is 3. The number of aliphatic hydroxyl groups excluding tert-OH is 1. The summed E-state index contributed by atoms with van der Waals surface area (Å²) in [5.74, 6) is -2.11. The Kier molecular flexibility index (Phi) is 8.24. The molecule has 2 rings (SSSR count). The molecule has 0 radical (unpaired) electrons. The lowest BCUT2D eigenvalue weighted by Crippen LogP contribution is -2.70. The van der Waals surface area contributed by atoms with E-state index in [1.807, 2.05) is 6.92 Å². The normalized spacial score (nSPS) is 26.2. The second kappa shape index (κ2) is 9.93. The van der Waals surface area contributed by atoms with Gasteiger partial charge in [0, 0.05) is 13.0 Å². The highest BCUT2D eigenvalue weighted by Gasteiger charge is 2.56. The van der Waals surface area contributed by atoms with E-state index in [0.717, 1.165) is 11.3 Å². The minimum Gasteiger partial charge on any atom is -0.458 e. The standard InChI is InChI=1S/C22H37NO7Si/c1-8-11-29-21(27)20(26)23-15(13-16(24)17-10-9-12-28-17)18(19(23)25)14(2)30-31(6,7)22(3,4)5/h8,14-15,17-18,20,26H,1,9-13H2,2-7H3/t14-,15-,17+,18-,20?/m1/s1. The third kappa shape index (κ3) is 5.63. The van der Waals surface area contributed by atoms with Crippen LogP contribution in [0, 0.1) is 5.92 Å². The highest BCUT2D eigenvalue weighted by molar-refractivity contribution is 6.74. The molecule has 2 heterocycles. The summed E-state index contributed by atoms with van der Waals surface area (Å²) in [6.45, 7) is 16.3. The van der Waals surface area contributed by atoms with Gasteiger partial charge in [-0.3, -0.25) is 9.59 Å². The van der Waals surface area contributed by atoms with E-state index >= 15 is 0 Å². The monoisotopic (exact) mass is 455 g/mol. The van der Waals surface area contributed by atoms with Crippen molar-refractivity contribution in [2.75, 3.05) is 13.2 Å². The number of rotatable bonds is 10. The largest absolute Gasteiger partial charge is 0.458 e. The van der Waals surface area contributed by atoms with Crippen LogP contribution in [0.1, 0.15) is 47.0 Å². The molecule has 2 fully saturated rings. The topological polar surface area (TPSA) is 102 Å². The predicted octanol–water partition coefficient (Wildman–Crippen LogP) is 2.41. The molecule has 2 saturated heterocycles. The Balaban J connectivity index is 2.20. The van der Waals surface area contributed by atoms with Crippen molar-refractivity contribution in [2.24, 2.45) is 5.92 Å². The minimum atomic E-state index is -2.17. The lowest BCUT2D eigenvalue weighted by atomic mass is 9.79. The quantitative estimate of drug-likeness (QED) is 0.234. The van der Waals surface area contributed by atoms with Crippen molar-refractivity contribution >= 4 is 26.0 Å². The summed E-state index contributed by atoms with van der Waals surface area (Å²) in [6.07, 6.45) is 0.101. The Morgan fingerprint density at radius 1 is 1.39 bits per heavy atom. The fourth-order valence-corrected chi connectivity index (χ4v) is 5.27. The Bertz CT molecular complexity index is 696. The lowest BCUT2D eigenvalue weighted by Gasteiger charge is -2.52. The van der Waals surface area contributed by atoms with E-state index in [1.54, 1.807) is 0 Å². The van der Waals surface area contributed by atoms with E-state index in [1.165, 1.54) is 6.08 Å². The maximum absolute atomic E-state index is 13.0. The molecule has 1 unspecified atom stereocenters. The van der Waals surface area contributed by atoms with Gasteiger partial charge in [0.15, 0.2) is 14.1 Å². The lowest BCUT2D eigenvalue weighted by molar-refractivity contribution is -0.197. The van der Waals surface area contributed by atoms with E-state index in [-0.39, 0.29) is 23.8 Å². The average molecular weight is 456 g/mol. The van der Waals surface area contributed by atoms with Gasteiger partial charge >= 0.3 is 5.97 Å². The first-order valence-electron chi connectivity index (χ1n) is 10.9. The number of esters is 1. The van der Waals surface area contributed by atoms with Crippen LogP contribution in [0.3, 0.4) is 0 Å². The summed E-state index contributed by atoms with van der Waals surface area (Å²) in [6, 6.07) is -0.657. The van der Waals surface area contributed by atoms with Crippen molar-refractivity contribution in [3.63, 3.8) is 0 Å². The molecule has 0 bridgehead atoms. The molecule has 5 atom stereocenters. The van der Waals surface area contributed by atoms with Gasteiger partial charge in [0.2, 0.25) is 12.1 Å².